The minimum Gasteiger partial charge on any atom is -0.477 e. The highest BCUT2D eigenvalue weighted by Gasteiger charge is 2.39. The van der Waals surface area contributed by atoms with Crippen LogP contribution >= 0.6 is 0 Å². The largest absolute Gasteiger partial charge is 0.477 e. The number of hydrogen-bond acceptors (Lipinski definition) is 2. The summed E-state index contributed by atoms with van der Waals surface area (Å²) >= 11 is 0. The third-order valence-electron chi connectivity index (χ3n) is 2.39. The number of carboxylic acid groups (broad SMARTS) is 1. The SMILES string of the molecule is O=C(O)C1=CCC2CCC(=O)N12. The molecule has 0 spiro atoms. The summed E-state index contributed by atoms with van der Waals surface area (Å²) in [6.45, 7) is 0. The first-order valence-corrected chi connectivity index (χ1v) is 3.95. The second-order valence-corrected chi connectivity index (χ2v) is 3.09. The maximum Gasteiger partial charge on any atom is 0.352 e. The summed E-state index contributed by atoms with van der Waals surface area (Å²) < 4.78 is 0. The molecule has 0 saturated carbocycles. The summed E-state index contributed by atoms with van der Waals surface area (Å²) in [5, 5.41) is 8.72. The molecule has 4 heteroatoms. The Labute approximate surface area is 69.5 Å². The van der Waals surface area contributed by atoms with Crippen LogP contribution in [0.25, 0.3) is 0 Å². The Balaban J connectivity index is 2.28. The van der Waals surface area contributed by atoms with Crippen molar-refractivity contribution in [1.82, 2.24) is 4.90 Å². The summed E-state index contributed by atoms with van der Waals surface area (Å²) in [4.78, 5) is 23.2. The van der Waals surface area contributed by atoms with E-state index in [1.807, 2.05) is 0 Å². The van der Waals surface area contributed by atoms with Gasteiger partial charge in [-0.05, 0) is 12.8 Å². The summed E-state index contributed by atoms with van der Waals surface area (Å²) in [5.74, 6) is -1.04. The fourth-order valence-corrected chi connectivity index (χ4v) is 1.83. The van der Waals surface area contributed by atoms with Gasteiger partial charge in [-0.15, -0.1) is 0 Å². The van der Waals surface area contributed by atoms with Gasteiger partial charge < -0.3 is 10.0 Å². The molecule has 2 aliphatic heterocycles. The standard InChI is InChI=1S/C8H9NO3/c10-7-4-2-5-1-3-6(8(11)12)9(5)7/h3,5H,1-2,4H2,(H,11,12). The summed E-state index contributed by atoms with van der Waals surface area (Å²) in [6, 6.07) is 0.128. The number of aliphatic carboxylic acids is 1. The molecule has 1 amide bonds. The Morgan fingerprint density at radius 3 is 3.08 bits per heavy atom. The van der Waals surface area contributed by atoms with Crippen LogP contribution in [0.15, 0.2) is 11.8 Å². The maximum atomic E-state index is 11.2. The lowest BCUT2D eigenvalue weighted by molar-refractivity contribution is -0.138. The van der Waals surface area contributed by atoms with Gasteiger partial charge in [-0.25, -0.2) is 4.79 Å². The van der Waals surface area contributed by atoms with Crippen LogP contribution < -0.4 is 0 Å². The van der Waals surface area contributed by atoms with Gasteiger partial charge in [0, 0.05) is 12.5 Å². The van der Waals surface area contributed by atoms with Crippen molar-refractivity contribution < 1.29 is 14.7 Å². The van der Waals surface area contributed by atoms with E-state index < -0.39 is 5.97 Å². The van der Waals surface area contributed by atoms with Crippen molar-refractivity contribution in [2.75, 3.05) is 0 Å². The Morgan fingerprint density at radius 2 is 2.42 bits per heavy atom. The van der Waals surface area contributed by atoms with Gasteiger partial charge in [0.25, 0.3) is 0 Å². The van der Waals surface area contributed by atoms with E-state index in [1.165, 1.54) is 4.90 Å². The monoisotopic (exact) mass is 167 g/mol. The highest BCUT2D eigenvalue weighted by atomic mass is 16.4. The number of carboxylic acids is 1. The molecule has 1 fully saturated rings. The molecule has 2 rings (SSSR count). The molecule has 12 heavy (non-hydrogen) atoms. The van der Waals surface area contributed by atoms with Gasteiger partial charge in [0.2, 0.25) is 5.91 Å². The van der Waals surface area contributed by atoms with E-state index in [9.17, 15) is 9.59 Å². The van der Waals surface area contributed by atoms with Crippen LogP contribution in [-0.4, -0.2) is 27.9 Å². The van der Waals surface area contributed by atoms with Crippen LogP contribution in [0.4, 0.5) is 0 Å². The van der Waals surface area contributed by atoms with Crippen LogP contribution in [0.3, 0.4) is 0 Å². The highest BCUT2D eigenvalue weighted by Crippen LogP contribution is 2.31. The number of hydrogen-bond donors (Lipinski definition) is 1. The van der Waals surface area contributed by atoms with Crippen molar-refractivity contribution in [2.24, 2.45) is 0 Å². The number of amides is 1. The van der Waals surface area contributed by atoms with Crippen molar-refractivity contribution >= 4 is 11.9 Å². The van der Waals surface area contributed by atoms with Crippen molar-refractivity contribution in [3.63, 3.8) is 0 Å². The average Bonchev–Trinajstić information content (AvgIpc) is 2.53. The number of carbonyl (C=O) groups is 2. The molecule has 0 radical (unpaired) electrons. The number of rotatable bonds is 1. The van der Waals surface area contributed by atoms with Crippen LogP contribution in [0.5, 0.6) is 0 Å². The maximum absolute atomic E-state index is 11.2. The van der Waals surface area contributed by atoms with E-state index in [-0.39, 0.29) is 17.6 Å². The van der Waals surface area contributed by atoms with Crippen LogP contribution in [0.2, 0.25) is 0 Å². The molecule has 0 bridgehead atoms. The number of nitrogens with zero attached hydrogens (tertiary/aromatic N) is 1. The lowest BCUT2D eigenvalue weighted by Crippen LogP contribution is -2.30. The van der Waals surface area contributed by atoms with Crippen molar-refractivity contribution in [3.8, 4) is 0 Å². The number of fused-ring (bicyclic) bond motifs is 1. The molecule has 2 aliphatic rings. The van der Waals surface area contributed by atoms with Crippen molar-refractivity contribution in [1.29, 1.82) is 0 Å². The lowest BCUT2D eigenvalue weighted by Gasteiger charge is -2.16. The fourth-order valence-electron chi connectivity index (χ4n) is 1.83. The predicted molar refractivity (Wildman–Crippen MR) is 40.2 cm³/mol. The quantitative estimate of drug-likeness (QED) is 0.613. The van der Waals surface area contributed by atoms with Gasteiger partial charge in [0.05, 0.1) is 0 Å². The minimum atomic E-state index is -0.993. The van der Waals surface area contributed by atoms with Gasteiger partial charge in [0.1, 0.15) is 5.70 Å². The first-order chi connectivity index (χ1) is 5.70. The summed E-state index contributed by atoms with van der Waals surface area (Å²) in [5.41, 5.74) is 0.169. The highest BCUT2D eigenvalue weighted by molar-refractivity contribution is 5.94. The van der Waals surface area contributed by atoms with Gasteiger partial charge >= 0.3 is 5.97 Å². The minimum absolute atomic E-state index is 0.0499. The average molecular weight is 167 g/mol. The third kappa shape index (κ3) is 0.841. The zero-order valence-electron chi connectivity index (χ0n) is 6.49. The van der Waals surface area contributed by atoms with Crippen molar-refractivity contribution in [3.05, 3.63) is 11.8 Å². The topological polar surface area (TPSA) is 57.6 Å². The fraction of sp³-hybridized carbons (Fsp3) is 0.500. The first-order valence-electron chi connectivity index (χ1n) is 3.95. The van der Waals surface area contributed by atoms with Gasteiger partial charge in [0.15, 0.2) is 0 Å². The summed E-state index contributed by atoms with van der Waals surface area (Å²) in [6.07, 6.45) is 3.62. The summed E-state index contributed by atoms with van der Waals surface area (Å²) in [7, 11) is 0. The molecule has 1 unspecified atom stereocenters. The van der Waals surface area contributed by atoms with Crippen LogP contribution in [-0.2, 0) is 9.59 Å². The number of carbonyl (C=O) groups excluding carboxylic acids is 1. The van der Waals surface area contributed by atoms with Crippen LogP contribution in [0.1, 0.15) is 19.3 Å². The zero-order valence-corrected chi connectivity index (χ0v) is 6.49. The molecule has 2 heterocycles. The Kier molecular flexibility index (Phi) is 1.43. The molecule has 0 aromatic rings. The van der Waals surface area contributed by atoms with Crippen molar-refractivity contribution in [2.45, 2.75) is 25.3 Å². The molecule has 0 aromatic carbocycles. The Hall–Kier alpha value is -1.32. The zero-order chi connectivity index (χ0) is 8.72. The molecular formula is C8H9NO3. The molecule has 1 atom stereocenters. The molecular weight excluding hydrogens is 158 g/mol. The van der Waals surface area contributed by atoms with E-state index in [1.54, 1.807) is 6.08 Å². The van der Waals surface area contributed by atoms with E-state index >= 15 is 0 Å². The Bertz CT molecular complexity index is 282. The Morgan fingerprint density at radius 1 is 1.67 bits per heavy atom. The van der Waals surface area contributed by atoms with E-state index in [2.05, 4.69) is 0 Å². The van der Waals surface area contributed by atoms with Gasteiger partial charge in [-0.1, -0.05) is 6.08 Å². The second-order valence-electron chi connectivity index (χ2n) is 3.09. The third-order valence-corrected chi connectivity index (χ3v) is 2.39. The van der Waals surface area contributed by atoms with Crippen LogP contribution in [0, 0.1) is 0 Å². The van der Waals surface area contributed by atoms with E-state index in [0.717, 1.165) is 6.42 Å². The molecule has 1 saturated heterocycles. The lowest BCUT2D eigenvalue weighted by atomic mass is 10.2. The van der Waals surface area contributed by atoms with E-state index in [0.29, 0.717) is 12.8 Å². The first kappa shape index (κ1) is 7.34. The molecule has 0 aromatic heterocycles. The molecule has 4 nitrogen and oxygen atoms in total. The predicted octanol–water partition coefficient (Wildman–Crippen LogP) is 0.350. The molecule has 1 N–H and O–H groups in total. The molecule has 0 aliphatic carbocycles. The van der Waals surface area contributed by atoms with Gasteiger partial charge in [-0.3, -0.25) is 4.79 Å². The smallest absolute Gasteiger partial charge is 0.352 e. The van der Waals surface area contributed by atoms with Gasteiger partial charge in [-0.2, -0.15) is 0 Å². The normalized spacial score (nSPS) is 27.3. The second kappa shape index (κ2) is 2.33. The van der Waals surface area contributed by atoms with E-state index in [4.69, 9.17) is 5.11 Å². The molecule has 64 valence electrons.